The lowest BCUT2D eigenvalue weighted by Gasteiger charge is -2.17. The van der Waals surface area contributed by atoms with Crippen molar-refractivity contribution in [1.82, 2.24) is 24.4 Å². The first-order valence-corrected chi connectivity index (χ1v) is 9.53. The molecule has 8 heteroatoms. The molecule has 8 nitrogen and oxygen atoms in total. The Morgan fingerprint density at radius 1 is 1.21 bits per heavy atom. The highest BCUT2D eigenvalue weighted by molar-refractivity contribution is 5.99. The molecule has 2 aromatic heterocycles. The maximum Gasteiger partial charge on any atom is 0.335 e. The van der Waals surface area contributed by atoms with Crippen LogP contribution >= 0.6 is 0 Å². The smallest absolute Gasteiger partial charge is 0.335 e. The number of likely N-dealkylation sites (tertiary alicyclic amines) is 1. The summed E-state index contributed by atoms with van der Waals surface area (Å²) in [5, 5.41) is 13.5. The Morgan fingerprint density at radius 3 is 2.66 bits per heavy atom. The number of carboxylic acid groups (broad SMARTS) is 1. The van der Waals surface area contributed by atoms with Crippen molar-refractivity contribution in [3.63, 3.8) is 0 Å². The zero-order valence-corrected chi connectivity index (χ0v) is 16.4. The molecule has 1 aromatic carbocycles. The molecule has 0 bridgehead atoms. The second-order valence-electron chi connectivity index (χ2n) is 7.59. The van der Waals surface area contributed by atoms with E-state index in [1.165, 1.54) is 4.90 Å². The van der Waals surface area contributed by atoms with Crippen LogP contribution in [0.1, 0.15) is 44.3 Å². The van der Waals surface area contributed by atoms with Gasteiger partial charge >= 0.3 is 5.97 Å². The minimum atomic E-state index is -0.911. The molecule has 1 saturated heterocycles. The molecule has 150 valence electrons. The minimum absolute atomic E-state index is 0.109. The van der Waals surface area contributed by atoms with Crippen LogP contribution in [-0.4, -0.2) is 68.6 Å². The highest BCUT2D eigenvalue weighted by atomic mass is 16.4. The van der Waals surface area contributed by atoms with Gasteiger partial charge in [0.15, 0.2) is 5.65 Å². The summed E-state index contributed by atoms with van der Waals surface area (Å²) in [4.78, 5) is 31.6. The van der Waals surface area contributed by atoms with Crippen LogP contribution in [-0.2, 0) is 6.54 Å². The molecule has 1 aliphatic rings. The highest BCUT2D eigenvalue weighted by Gasteiger charge is 2.27. The molecule has 1 atom stereocenters. The molecule has 1 N–H and O–H groups in total. The number of nitrogens with zero attached hydrogens (tertiary/aromatic N) is 5. The summed E-state index contributed by atoms with van der Waals surface area (Å²) in [7, 11) is 3.43. The van der Waals surface area contributed by atoms with E-state index >= 15 is 0 Å². The van der Waals surface area contributed by atoms with Gasteiger partial charge in [0.1, 0.15) is 5.56 Å². The van der Waals surface area contributed by atoms with Crippen LogP contribution in [0.15, 0.2) is 42.7 Å². The molecule has 1 aliphatic heterocycles. The number of hydrogen-bond donors (Lipinski definition) is 1. The van der Waals surface area contributed by atoms with Crippen molar-refractivity contribution in [3.8, 4) is 0 Å². The molecular formula is C21H23N5O3. The van der Waals surface area contributed by atoms with Crippen molar-refractivity contribution in [2.24, 2.45) is 0 Å². The lowest BCUT2D eigenvalue weighted by Crippen LogP contribution is -2.22. The predicted octanol–water partition coefficient (Wildman–Crippen LogP) is 2.12. The van der Waals surface area contributed by atoms with Crippen LogP contribution in [0.3, 0.4) is 0 Å². The monoisotopic (exact) mass is 393 g/mol. The van der Waals surface area contributed by atoms with Crippen molar-refractivity contribution in [2.75, 3.05) is 27.2 Å². The number of aromatic nitrogens is 3. The van der Waals surface area contributed by atoms with Gasteiger partial charge in [0, 0.05) is 39.3 Å². The second-order valence-corrected chi connectivity index (χ2v) is 7.59. The Labute approximate surface area is 168 Å². The molecule has 3 aromatic rings. The van der Waals surface area contributed by atoms with E-state index in [1.807, 2.05) is 18.2 Å². The largest absolute Gasteiger partial charge is 0.478 e. The van der Waals surface area contributed by atoms with Crippen molar-refractivity contribution < 1.29 is 14.7 Å². The number of amides is 1. The van der Waals surface area contributed by atoms with Crippen LogP contribution < -0.4 is 0 Å². The number of carboxylic acids is 1. The molecule has 0 spiro atoms. The third-order valence-electron chi connectivity index (χ3n) is 5.36. The van der Waals surface area contributed by atoms with Gasteiger partial charge in [-0.2, -0.15) is 5.10 Å². The van der Waals surface area contributed by atoms with E-state index in [9.17, 15) is 9.59 Å². The fourth-order valence-corrected chi connectivity index (χ4v) is 3.84. The molecule has 0 radical (unpaired) electrons. The molecule has 0 aliphatic carbocycles. The fourth-order valence-electron chi connectivity index (χ4n) is 3.84. The van der Waals surface area contributed by atoms with Gasteiger partial charge in [-0.05, 0) is 36.7 Å². The maximum absolute atomic E-state index is 12.4. The third kappa shape index (κ3) is 3.71. The van der Waals surface area contributed by atoms with E-state index in [0.717, 1.165) is 37.3 Å². The lowest BCUT2D eigenvalue weighted by atomic mass is 10.0. The SMILES string of the molecule is CN(C)C(=O)c1cnn2c([C@H]3CCN(Cc4ccc(C(=O)O)cc4)C3)ccnc12. The molecule has 0 unspecified atom stereocenters. The summed E-state index contributed by atoms with van der Waals surface area (Å²) in [5.74, 6) is -0.727. The fraction of sp³-hybridized carbons (Fsp3) is 0.333. The van der Waals surface area contributed by atoms with E-state index < -0.39 is 5.97 Å². The Hall–Kier alpha value is -3.26. The Balaban J connectivity index is 1.51. The maximum atomic E-state index is 12.4. The van der Waals surface area contributed by atoms with Crippen LogP contribution in [0.25, 0.3) is 5.65 Å². The summed E-state index contributed by atoms with van der Waals surface area (Å²) in [6.45, 7) is 2.59. The average Bonchev–Trinajstić information content (AvgIpc) is 3.34. The standard InChI is InChI=1S/C21H23N5O3/c1-24(2)20(27)17-11-23-26-18(7-9-22-19(17)26)16-8-10-25(13-16)12-14-3-5-15(6-4-14)21(28)29/h3-7,9,11,16H,8,10,12-13H2,1-2H3,(H,28,29)/t16-/m0/s1. The number of aromatic carboxylic acids is 1. The van der Waals surface area contributed by atoms with Gasteiger partial charge < -0.3 is 10.0 Å². The van der Waals surface area contributed by atoms with E-state index in [1.54, 1.807) is 43.1 Å². The van der Waals surface area contributed by atoms with E-state index in [2.05, 4.69) is 15.0 Å². The van der Waals surface area contributed by atoms with E-state index in [-0.39, 0.29) is 5.91 Å². The third-order valence-corrected chi connectivity index (χ3v) is 5.36. The van der Waals surface area contributed by atoms with E-state index in [0.29, 0.717) is 22.7 Å². The summed E-state index contributed by atoms with van der Waals surface area (Å²) < 4.78 is 1.78. The van der Waals surface area contributed by atoms with Gasteiger partial charge in [0.2, 0.25) is 0 Å². The number of carbonyl (C=O) groups excluding carboxylic acids is 1. The van der Waals surface area contributed by atoms with Crippen molar-refractivity contribution in [2.45, 2.75) is 18.9 Å². The molecule has 1 amide bonds. The molecule has 29 heavy (non-hydrogen) atoms. The van der Waals surface area contributed by atoms with Crippen molar-refractivity contribution in [3.05, 3.63) is 65.1 Å². The first-order valence-electron chi connectivity index (χ1n) is 9.53. The van der Waals surface area contributed by atoms with Gasteiger partial charge in [-0.25, -0.2) is 14.3 Å². The highest BCUT2D eigenvalue weighted by Crippen LogP contribution is 2.28. The first kappa shape index (κ1) is 19.1. The number of rotatable bonds is 5. The van der Waals surface area contributed by atoms with E-state index in [4.69, 9.17) is 5.11 Å². The predicted molar refractivity (Wildman–Crippen MR) is 107 cm³/mol. The summed E-state index contributed by atoms with van der Waals surface area (Å²) >= 11 is 0. The Bertz CT molecular complexity index is 1060. The molecule has 4 rings (SSSR count). The van der Waals surface area contributed by atoms with Gasteiger partial charge in [-0.3, -0.25) is 9.69 Å². The molecule has 3 heterocycles. The molecule has 1 fully saturated rings. The Morgan fingerprint density at radius 2 is 1.97 bits per heavy atom. The normalized spacial score (nSPS) is 17.0. The minimum Gasteiger partial charge on any atom is -0.478 e. The number of carbonyl (C=O) groups is 2. The average molecular weight is 393 g/mol. The van der Waals surface area contributed by atoms with Crippen molar-refractivity contribution in [1.29, 1.82) is 0 Å². The van der Waals surface area contributed by atoms with Crippen LogP contribution in [0, 0.1) is 0 Å². The summed E-state index contributed by atoms with van der Waals surface area (Å²) in [5.41, 5.74) is 3.54. The van der Waals surface area contributed by atoms with Crippen LogP contribution in [0.2, 0.25) is 0 Å². The van der Waals surface area contributed by atoms with Gasteiger partial charge in [-0.1, -0.05) is 12.1 Å². The number of benzene rings is 1. The molecule has 0 saturated carbocycles. The Kier molecular flexibility index (Phi) is 5.02. The summed E-state index contributed by atoms with van der Waals surface area (Å²) in [6, 6.07) is 9.00. The van der Waals surface area contributed by atoms with Crippen LogP contribution in [0.5, 0.6) is 0 Å². The first-order chi connectivity index (χ1) is 13.9. The summed E-state index contributed by atoms with van der Waals surface area (Å²) in [6.07, 6.45) is 4.32. The van der Waals surface area contributed by atoms with Crippen molar-refractivity contribution >= 4 is 17.5 Å². The zero-order valence-electron chi connectivity index (χ0n) is 16.4. The topological polar surface area (TPSA) is 91.0 Å². The quantitative estimate of drug-likeness (QED) is 0.714. The van der Waals surface area contributed by atoms with Gasteiger partial charge in [0.25, 0.3) is 5.91 Å². The zero-order chi connectivity index (χ0) is 20.5. The number of hydrogen-bond acceptors (Lipinski definition) is 5. The molecular weight excluding hydrogens is 370 g/mol. The van der Waals surface area contributed by atoms with Gasteiger partial charge in [0.05, 0.1) is 17.5 Å². The van der Waals surface area contributed by atoms with Crippen LogP contribution in [0.4, 0.5) is 0 Å². The lowest BCUT2D eigenvalue weighted by molar-refractivity contribution is 0.0696. The second kappa shape index (κ2) is 7.63. The number of fused-ring (bicyclic) bond motifs is 1. The van der Waals surface area contributed by atoms with Gasteiger partial charge in [-0.15, -0.1) is 0 Å².